The van der Waals surface area contributed by atoms with Crippen molar-refractivity contribution in [3.8, 4) is 0 Å². The van der Waals surface area contributed by atoms with Crippen molar-refractivity contribution in [3.05, 3.63) is 0 Å². The molecule has 17 heavy (non-hydrogen) atoms. The van der Waals surface area contributed by atoms with Gasteiger partial charge in [-0.05, 0) is 64.5 Å². The molecule has 0 bridgehead atoms. The Balaban J connectivity index is 2.16. The molecule has 1 aliphatic rings. The Morgan fingerprint density at radius 2 is 1.82 bits per heavy atom. The monoisotopic (exact) mass is 239 g/mol. The van der Waals surface area contributed by atoms with Gasteiger partial charge in [0.25, 0.3) is 0 Å². The maximum atomic E-state index is 10.8. The van der Waals surface area contributed by atoms with Crippen LogP contribution in [0.15, 0.2) is 0 Å². The molecule has 1 saturated carbocycles. The summed E-state index contributed by atoms with van der Waals surface area (Å²) < 4.78 is 0. The van der Waals surface area contributed by atoms with Gasteiger partial charge in [0, 0.05) is 12.5 Å². The molecule has 0 saturated heterocycles. The highest BCUT2D eigenvalue weighted by atomic mass is 16.1. The van der Waals surface area contributed by atoms with Crippen molar-refractivity contribution in [2.24, 2.45) is 5.41 Å². The minimum absolute atomic E-state index is 0.326. The molecule has 0 aliphatic heterocycles. The summed E-state index contributed by atoms with van der Waals surface area (Å²) in [7, 11) is 2.25. The third kappa shape index (κ3) is 5.67. The lowest BCUT2D eigenvalue weighted by Gasteiger charge is -2.38. The summed E-state index contributed by atoms with van der Waals surface area (Å²) in [5.74, 6) is 0.326. The molecule has 0 heterocycles. The van der Waals surface area contributed by atoms with E-state index in [1.165, 1.54) is 25.7 Å². The van der Waals surface area contributed by atoms with E-state index in [0.717, 1.165) is 31.8 Å². The van der Waals surface area contributed by atoms with Gasteiger partial charge in [0.15, 0.2) is 0 Å². The largest absolute Gasteiger partial charge is 0.303 e. The highest BCUT2D eigenvalue weighted by Crippen LogP contribution is 2.36. The van der Waals surface area contributed by atoms with Crippen LogP contribution in [0.1, 0.15) is 65.7 Å². The fraction of sp³-hybridized carbons (Fsp3) is 0.933. The van der Waals surface area contributed by atoms with Crippen LogP contribution < -0.4 is 0 Å². The van der Waals surface area contributed by atoms with Gasteiger partial charge >= 0.3 is 0 Å². The van der Waals surface area contributed by atoms with E-state index in [1.54, 1.807) is 6.92 Å². The maximum Gasteiger partial charge on any atom is 0.129 e. The van der Waals surface area contributed by atoms with Crippen molar-refractivity contribution >= 4 is 5.78 Å². The van der Waals surface area contributed by atoms with E-state index in [9.17, 15) is 4.79 Å². The zero-order chi connectivity index (χ0) is 12.9. The molecule has 0 aromatic heterocycles. The van der Waals surface area contributed by atoms with Gasteiger partial charge in [-0.2, -0.15) is 0 Å². The molecular weight excluding hydrogens is 210 g/mol. The molecule has 0 atom stereocenters. The average molecular weight is 239 g/mol. The van der Waals surface area contributed by atoms with Crippen molar-refractivity contribution in [2.45, 2.75) is 71.8 Å². The molecule has 1 rings (SSSR count). The molecule has 1 fully saturated rings. The zero-order valence-corrected chi connectivity index (χ0v) is 12.1. The topological polar surface area (TPSA) is 20.3 Å². The standard InChI is InChI=1S/C15H29NO/c1-13(17)7-5-6-12-16(4)14-8-10-15(2,3)11-9-14/h14H,5-12H2,1-4H3. The van der Waals surface area contributed by atoms with Gasteiger partial charge in [0.05, 0.1) is 0 Å². The number of ketones is 1. The molecule has 0 aromatic carbocycles. The van der Waals surface area contributed by atoms with Gasteiger partial charge in [0.1, 0.15) is 5.78 Å². The first-order valence-electron chi connectivity index (χ1n) is 7.10. The van der Waals surface area contributed by atoms with E-state index in [0.29, 0.717) is 11.2 Å². The molecule has 0 spiro atoms. The summed E-state index contributed by atoms with van der Waals surface area (Å²) in [5, 5.41) is 0. The second-order valence-corrected chi connectivity index (χ2v) is 6.54. The van der Waals surface area contributed by atoms with Gasteiger partial charge < -0.3 is 9.69 Å². The third-order valence-corrected chi connectivity index (χ3v) is 4.22. The Hall–Kier alpha value is -0.370. The SMILES string of the molecule is CC(=O)CCCCN(C)C1CCC(C)(C)CC1. The predicted molar refractivity (Wildman–Crippen MR) is 73.2 cm³/mol. The molecule has 1 aliphatic carbocycles. The molecule has 0 amide bonds. The molecule has 2 nitrogen and oxygen atoms in total. The minimum Gasteiger partial charge on any atom is -0.303 e. The average Bonchev–Trinajstić information content (AvgIpc) is 2.23. The third-order valence-electron chi connectivity index (χ3n) is 4.22. The van der Waals surface area contributed by atoms with Gasteiger partial charge in [0.2, 0.25) is 0 Å². The Morgan fingerprint density at radius 1 is 1.24 bits per heavy atom. The van der Waals surface area contributed by atoms with Gasteiger partial charge in [-0.1, -0.05) is 13.8 Å². The number of nitrogens with zero attached hydrogens (tertiary/aromatic N) is 1. The van der Waals surface area contributed by atoms with E-state index in [4.69, 9.17) is 0 Å². The minimum atomic E-state index is 0.326. The quantitative estimate of drug-likeness (QED) is 0.659. The van der Waals surface area contributed by atoms with Gasteiger partial charge in [-0.3, -0.25) is 0 Å². The fourth-order valence-electron chi connectivity index (χ4n) is 2.74. The smallest absolute Gasteiger partial charge is 0.129 e. The van der Waals surface area contributed by atoms with E-state index >= 15 is 0 Å². The Labute approximate surface area is 107 Å². The summed E-state index contributed by atoms with van der Waals surface area (Å²) in [6.45, 7) is 7.61. The van der Waals surface area contributed by atoms with Crippen molar-refractivity contribution in [2.75, 3.05) is 13.6 Å². The van der Waals surface area contributed by atoms with E-state index in [1.807, 2.05) is 0 Å². The lowest BCUT2D eigenvalue weighted by Crippen LogP contribution is -2.37. The zero-order valence-electron chi connectivity index (χ0n) is 12.1. The first kappa shape index (κ1) is 14.7. The lowest BCUT2D eigenvalue weighted by molar-refractivity contribution is -0.117. The van der Waals surface area contributed by atoms with Crippen molar-refractivity contribution < 1.29 is 4.79 Å². The number of carbonyl (C=O) groups excluding carboxylic acids is 1. The summed E-state index contributed by atoms with van der Waals surface area (Å²) in [6, 6.07) is 0.778. The van der Waals surface area contributed by atoms with Crippen molar-refractivity contribution in [1.82, 2.24) is 4.90 Å². The van der Waals surface area contributed by atoms with Crippen LogP contribution in [0.3, 0.4) is 0 Å². The number of hydrogen-bond donors (Lipinski definition) is 0. The highest BCUT2D eigenvalue weighted by Gasteiger charge is 2.28. The number of rotatable bonds is 6. The van der Waals surface area contributed by atoms with Crippen LogP contribution in [0.5, 0.6) is 0 Å². The van der Waals surface area contributed by atoms with E-state index in [2.05, 4.69) is 25.8 Å². The molecule has 100 valence electrons. The number of unbranched alkanes of at least 4 members (excludes halogenated alkanes) is 1. The highest BCUT2D eigenvalue weighted by molar-refractivity contribution is 5.75. The van der Waals surface area contributed by atoms with E-state index < -0.39 is 0 Å². The molecular formula is C15H29NO. The van der Waals surface area contributed by atoms with Gasteiger partial charge in [-0.25, -0.2) is 0 Å². The van der Waals surface area contributed by atoms with Crippen LogP contribution in [0.2, 0.25) is 0 Å². The summed E-state index contributed by atoms with van der Waals surface area (Å²) in [6.07, 6.45) is 8.37. The van der Waals surface area contributed by atoms with Crippen LogP contribution >= 0.6 is 0 Å². The molecule has 0 unspecified atom stereocenters. The Morgan fingerprint density at radius 3 is 2.35 bits per heavy atom. The second-order valence-electron chi connectivity index (χ2n) is 6.54. The van der Waals surface area contributed by atoms with Crippen LogP contribution in [0.4, 0.5) is 0 Å². The van der Waals surface area contributed by atoms with Crippen LogP contribution in [0, 0.1) is 5.41 Å². The van der Waals surface area contributed by atoms with Crippen LogP contribution in [-0.2, 0) is 4.79 Å². The normalized spacial score (nSPS) is 20.8. The Kier molecular flexibility index (Phi) is 5.64. The van der Waals surface area contributed by atoms with Crippen LogP contribution in [-0.4, -0.2) is 30.3 Å². The number of hydrogen-bond acceptors (Lipinski definition) is 2. The van der Waals surface area contributed by atoms with Crippen molar-refractivity contribution in [3.63, 3.8) is 0 Å². The number of Topliss-reactive ketones (excluding diaryl/α,β-unsaturated/α-hetero) is 1. The summed E-state index contributed by atoms with van der Waals surface area (Å²) in [5.41, 5.74) is 0.561. The second kappa shape index (κ2) is 6.53. The molecule has 0 radical (unpaired) electrons. The first-order valence-corrected chi connectivity index (χ1v) is 7.10. The van der Waals surface area contributed by atoms with Crippen molar-refractivity contribution in [1.29, 1.82) is 0 Å². The molecule has 0 N–H and O–H groups in total. The fourth-order valence-corrected chi connectivity index (χ4v) is 2.74. The maximum absolute atomic E-state index is 10.8. The van der Waals surface area contributed by atoms with E-state index in [-0.39, 0.29) is 0 Å². The predicted octanol–water partition coefficient (Wildman–Crippen LogP) is 3.65. The molecule has 0 aromatic rings. The summed E-state index contributed by atoms with van der Waals surface area (Å²) in [4.78, 5) is 13.4. The molecule has 2 heteroatoms. The van der Waals surface area contributed by atoms with Crippen LogP contribution in [0.25, 0.3) is 0 Å². The first-order chi connectivity index (χ1) is 7.91. The summed E-state index contributed by atoms with van der Waals surface area (Å²) >= 11 is 0. The lowest BCUT2D eigenvalue weighted by atomic mass is 9.75. The number of carbonyl (C=O) groups is 1. The van der Waals surface area contributed by atoms with Gasteiger partial charge in [-0.15, -0.1) is 0 Å². The Bertz CT molecular complexity index is 237.